The number of hydrogen-bond acceptors (Lipinski definition) is 2. The van der Waals surface area contributed by atoms with Gasteiger partial charge >= 0.3 is 0 Å². The molecule has 1 saturated heterocycles. The molecule has 0 aliphatic carbocycles. The molecular weight excluding hydrogens is 229 g/mol. The van der Waals surface area contributed by atoms with Crippen molar-refractivity contribution in [1.82, 2.24) is 5.32 Å². The minimum absolute atomic E-state index is 0.267. The largest absolute Gasteiger partial charge is 0.497 e. The summed E-state index contributed by atoms with van der Waals surface area (Å²) in [5, 5.41) is 3.73. The Balaban J connectivity index is 2.19. The van der Waals surface area contributed by atoms with Gasteiger partial charge in [-0.1, -0.05) is 11.6 Å². The van der Waals surface area contributed by atoms with Gasteiger partial charge in [-0.3, -0.25) is 0 Å². The fourth-order valence-corrected chi connectivity index (χ4v) is 2.34. The standard InChI is InChI=1S/C12H15ClFNO/c1-16-9-5-11(13)10(12(14)6-9)4-8-2-3-15-7-8/h5-6,8,15H,2-4,7H2,1H3. The molecule has 1 N–H and O–H groups in total. The highest BCUT2D eigenvalue weighted by atomic mass is 35.5. The van der Waals surface area contributed by atoms with Gasteiger partial charge in [0.2, 0.25) is 0 Å². The number of benzene rings is 1. The van der Waals surface area contributed by atoms with Crippen LogP contribution in [0.2, 0.25) is 5.02 Å². The Hall–Kier alpha value is -0.800. The molecule has 0 aromatic heterocycles. The summed E-state index contributed by atoms with van der Waals surface area (Å²) >= 11 is 6.05. The molecule has 16 heavy (non-hydrogen) atoms. The minimum Gasteiger partial charge on any atom is -0.497 e. The molecule has 1 aliphatic rings. The molecule has 2 rings (SSSR count). The lowest BCUT2D eigenvalue weighted by atomic mass is 9.98. The highest BCUT2D eigenvalue weighted by molar-refractivity contribution is 6.31. The molecule has 0 saturated carbocycles. The Morgan fingerprint density at radius 1 is 1.56 bits per heavy atom. The molecule has 1 aliphatic heterocycles. The third-order valence-corrected chi connectivity index (χ3v) is 3.34. The lowest BCUT2D eigenvalue weighted by Gasteiger charge is -2.12. The summed E-state index contributed by atoms with van der Waals surface area (Å²) in [6, 6.07) is 3.06. The van der Waals surface area contributed by atoms with Crippen LogP contribution in [0.3, 0.4) is 0 Å². The molecule has 1 heterocycles. The number of hydrogen-bond donors (Lipinski definition) is 1. The zero-order valence-corrected chi connectivity index (χ0v) is 9.98. The lowest BCUT2D eigenvalue weighted by molar-refractivity contribution is 0.410. The van der Waals surface area contributed by atoms with Crippen molar-refractivity contribution in [2.75, 3.05) is 20.2 Å². The summed E-state index contributed by atoms with van der Waals surface area (Å²) in [6.07, 6.45) is 1.78. The van der Waals surface area contributed by atoms with Crippen LogP contribution in [0, 0.1) is 11.7 Å². The number of rotatable bonds is 3. The van der Waals surface area contributed by atoms with Crippen LogP contribution in [0.4, 0.5) is 4.39 Å². The van der Waals surface area contributed by atoms with Gasteiger partial charge in [0.25, 0.3) is 0 Å². The number of ether oxygens (including phenoxy) is 1. The molecule has 1 fully saturated rings. The first-order chi connectivity index (χ1) is 7.70. The van der Waals surface area contributed by atoms with Crippen LogP contribution in [0.5, 0.6) is 5.75 Å². The van der Waals surface area contributed by atoms with Gasteiger partial charge in [-0.05, 0) is 37.9 Å². The van der Waals surface area contributed by atoms with Gasteiger partial charge in [-0.2, -0.15) is 0 Å². The van der Waals surface area contributed by atoms with Crippen LogP contribution < -0.4 is 10.1 Å². The molecule has 4 heteroatoms. The van der Waals surface area contributed by atoms with Crippen molar-refractivity contribution in [2.24, 2.45) is 5.92 Å². The number of nitrogens with one attached hydrogen (secondary N) is 1. The summed E-state index contributed by atoms with van der Waals surface area (Å²) in [7, 11) is 1.51. The Bertz CT molecular complexity index is 354. The van der Waals surface area contributed by atoms with Crippen LogP contribution in [0.15, 0.2) is 12.1 Å². The Morgan fingerprint density at radius 2 is 2.38 bits per heavy atom. The SMILES string of the molecule is COc1cc(F)c(CC2CCNC2)c(Cl)c1. The first-order valence-corrected chi connectivity index (χ1v) is 5.81. The quantitative estimate of drug-likeness (QED) is 0.881. The van der Waals surface area contributed by atoms with E-state index >= 15 is 0 Å². The number of halogens is 2. The van der Waals surface area contributed by atoms with Crippen LogP contribution in [-0.2, 0) is 6.42 Å². The Labute approximate surface area is 99.7 Å². The zero-order chi connectivity index (χ0) is 11.5. The average Bonchev–Trinajstić information content (AvgIpc) is 2.75. The Kier molecular flexibility index (Phi) is 3.66. The van der Waals surface area contributed by atoms with Gasteiger partial charge in [0.15, 0.2) is 0 Å². The maximum Gasteiger partial charge on any atom is 0.131 e. The molecule has 1 atom stereocenters. The predicted molar refractivity (Wildman–Crippen MR) is 62.6 cm³/mol. The van der Waals surface area contributed by atoms with Crippen LogP contribution >= 0.6 is 11.6 Å². The smallest absolute Gasteiger partial charge is 0.131 e. The summed E-state index contributed by atoms with van der Waals surface area (Å²) in [4.78, 5) is 0. The average molecular weight is 244 g/mol. The van der Waals surface area contributed by atoms with Crippen molar-refractivity contribution in [3.8, 4) is 5.75 Å². The highest BCUT2D eigenvalue weighted by Crippen LogP contribution is 2.28. The monoisotopic (exact) mass is 243 g/mol. The maximum absolute atomic E-state index is 13.8. The van der Waals surface area contributed by atoms with Crippen molar-refractivity contribution in [1.29, 1.82) is 0 Å². The van der Waals surface area contributed by atoms with E-state index in [0.717, 1.165) is 19.5 Å². The summed E-state index contributed by atoms with van der Waals surface area (Å²) < 4.78 is 18.7. The van der Waals surface area contributed by atoms with Crippen LogP contribution in [0.1, 0.15) is 12.0 Å². The van der Waals surface area contributed by atoms with E-state index in [0.29, 0.717) is 28.7 Å². The molecule has 88 valence electrons. The summed E-state index contributed by atoms with van der Waals surface area (Å²) in [5.41, 5.74) is 0.608. The van der Waals surface area contributed by atoms with E-state index in [2.05, 4.69) is 5.32 Å². The summed E-state index contributed by atoms with van der Waals surface area (Å²) in [5.74, 6) is 0.687. The fraction of sp³-hybridized carbons (Fsp3) is 0.500. The van der Waals surface area contributed by atoms with E-state index in [1.807, 2.05) is 0 Å². The van der Waals surface area contributed by atoms with Crippen molar-refractivity contribution < 1.29 is 9.13 Å². The molecular formula is C12H15ClFNO. The molecule has 2 nitrogen and oxygen atoms in total. The van der Waals surface area contributed by atoms with E-state index in [9.17, 15) is 4.39 Å². The van der Waals surface area contributed by atoms with Gasteiger partial charge in [0.1, 0.15) is 11.6 Å². The second-order valence-corrected chi connectivity index (χ2v) is 4.54. The normalized spacial score (nSPS) is 20.1. The van der Waals surface area contributed by atoms with E-state index < -0.39 is 0 Å². The second-order valence-electron chi connectivity index (χ2n) is 4.13. The minimum atomic E-state index is -0.267. The maximum atomic E-state index is 13.8. The van der Waals surface area contributed by atoms with E-state index in [1.165, 1.54) is 13.2 Å². The first-order valence-electron chi connectivity index (χ1n) is 5.43. The van der Waals surface area contributed by atoms with E-state index in [-0.39, 0.29) is 5.82 Å². The van der Waals surface area contributed by atoms with E-state index in [4.69, 9.17) is 16.3 Å². The van der Waals surface area contributed by atoms with E-state index in [1.54, 1.807) is 6.07 Å². The van der Waals surface area contributed by atoms with Gasteiger partial charge in [-0.15, -0.1) is 0 Å². The predicted octanol–water partition coefficient (Wildman–Crippen LogP) is 2.64. The second kappa shape index (κ2) is 5.02. The van der Waals surface area contributed by atoms with Crippen LogP contribution in [-0.4, -0.2) is 20.2 Å². The first kappa shape index (κ1) is 11.7. The summed E-state index contributed by atoms with van der Waals surface area (Å²) in [6.45, 7) is 1.96. The topological polar surface area (TPSA) is 21.3 Å². The molecule has 1 unspecified atom stereocenters. The zero-order valence-electron chi connectivity index (χ0n) is 9.22. The Morgan fingerprint density at radius 3 is 2.94 bits per heavy atom. The molecule has 0 amide bonds. The van der Waals surface area contributed by atoms with Gasteiger partial charge in [0.05, 0.1) is 12.1 Å². The fourth-order valence-electron chi connectivity index (χ4n) is 2.07. The molecule has 0 spiro atoms. The molecule has 1 aromatic carbocycles. The third-order valence-electron chi connectivity index (χ3n) is 3.01. The molecule has 0 bridgehead atoms. The molecule has 1 aromatic rings. The van der Waals surface area contributed by atoms with Gasteiger partial charge in [-0.25, -0.2) is 4.39 Å². The number of methoxy groups -OCH3 is 1. The van der Waals surface area contributed by atoms with Crippen molar-refractivity contribution in [3.63, 3.8) is 0 Å². The van der Waals surface area contributed by atoms with Crippen LogP contribution in [0.25, 0.3) is 0 Å². The third kappa shape index (κ3) is 2.47. The lowest BCUT2D eigenvalue weighted by Crippen LogP contribution is -2.11. The van der Waals surface area contributed by atoms with Gasteiger partial charge in [0, 0.05) is 11.6 Å². The van der Waals surface area contributed by atoms with Crippen molar-refractivity contribution in [3.05, 3.63) is 28.5 Å². The van der Waals surface area contributed by atoms with Crippen molar-refractivity contribution in [2.45, 2.75) is 12.8 Å². The molecule has 0 radical (unpaired) electrons. The van der Waals surface area contributed by atoms with Crippen molar-refractivity contribution >= 4 is 11.6 Å². The highest BCUT2D eigenvalue weighted by Gasteiger charge is 2.19. The van der Waals surface area contributed by atoms with Gasteiger partial charge < -0.3 is 10.1 Å².